The molecular formula is C18H21N7O7S2. The zero-order chi connectivity index (χ0) is 24.5. The van der Waals surface area contributed by atoms with Gasteiger partial charge >= 0.3 is 12.1 Å². The van der Waals surface area contributed by atoms with Crippen LogP contribution in [-0.2, 0) is 24.0 Å². The first kappa shape index (κ1) is 23.7. The number of fused-ring (bicyclic) bond motifs is 1. The fourth-order valence-corrected chi connectivity index (χ4v) is 5.61. The number of thioether (sulfide) groups is 1. The molecule has 1 aliphatic carbocycles. The van der Waals surface area contributed by atoms with Gasteiger partial charge in [-0.2, -0.15) is 9.36 Å². The Morgan fingerprint density at radius 3 is 2.82 bits per heavy atom. The summed E-state index contributed by atoms with van der Waals surface area (Å²) in [5, 5.41) is 15.8. The van der Waals surface area contributed by atoms with E-state index in [0.717, 1.165) is 29.7 Å². The van der Waals surface area contributed by atoms with Crippen LogP contribution in [0.4, 0.5) is 9.93 Å². The van der Waals surface area contributed by atoms with E-state index in [1.807, 2.05) is 12.2 Å². The van der Waals surface area contributed by atoms with Gasteiger partial charge in [-0.1, -0.05) is 11.2 Å². The molecular weight excluding hydrogens is 490 g/mol. The number of nitrogens with two attached hydrogens (primary N) is 2. The normalized spacial score (nSPS) is 28.1. The lowest BCUT2D eigenvalue weighted by Gasteiger charge is -2.53. The highest BCUT2D eigenvalue weighted by Gasteiger charge is 2.58. The largest absolute Gasteiger partial charge is 0.481 e. The molecule has 4 atom stereocenters. The fourth-order valence-electron chi connectivity index (χ4n) is 3.65. The van der Waals surface area contributed by atoms with Crippen molar-refractivity contribution in [3.05, 3.63) is 18.0 Å². The van der Waals surface area contributed by atoms with E-state index >= 15 is 0 Å². The minimum absolute atomic E-state index is 0.0320. The number of aliphatic carboxylic acids is 1. The van der Waals surface area contributed by atoms with Gasteiger partial charge in [0.05, 0.1) is 0 Å². The van der Waals surface area contributed by atoms with Crippen LogP contribution in [0.2, 0.25) is 0 Å². The van der Waals surface area contributed by atoms with Crippen molar-refractivity contribution >= 4 is 58.0 Å². The molecule has 2 saturated heterocycles. The minimum atomic E-state index is -1.50. The number of amides is 3. The number of nitrogens with one attached hydrogen (secondary N) is 1. The van der Waals surface area contributed by atoms with Crippen LogP contribution >= 0.6 is 23.3 Å². The molecule has 0 bridgehead atoms. The molecule has 4 rings (SSSR count). The molecule has 182 valence electrons. The number of anilines is 1. The Balaban J connectivity index is 1.45. The van der Waals surface area contributed by atoms with Gasteiger partial charge in [-0.05, 0) is 18.9 Å². The minimum Gasteiger partial charge on any atom is -0.481 e. The van der Waals surface area contributed by atoms with E-state index in [9.17, 15) is 24.3 Å². The van der Waals surface area contributed by atoms with Crippen molar-refractivity contribution < 1.29 is 33.9 Å². The molecule has 2 aliphatic heterocycles. The van der Waals surface area contributed by atoms with Crippen LogP contribution in [0.25, 0.3) is 0 Å². The summed E-state index contributed by atoms with van der Waals surface area (Å²) in [7, 11) is 0. The Bertz CT molecular complexity index is 1080. The zero-order valence-corrected chi connectivity index (χ0v) is 19.2. The Hall–Kier alpha value is -3.40. The van der Waals surface area contributed by atoms with E-state index in [1.165, 1.54) is 4.90 Å². The molecule has 3 aliphatic rings. The van der Waals surface area contributed by atoms with Gasteiger partial charge in [0, 0.05) is 23.8 Å². The predicted molar refractivity (Wildman–Crippen MR) is 120 cm³/mol. The van der Waals surface area contributed by atoms with E-state index < -0.39 is 47.3 Å². The second-order valence-electron chi connectivity index (χ2n) is 7.86. The number of β-lactam (4-membered cyclic amide) rings is 1. The van der Waals surface area contributed by atoms with Crippen LogP contribution in [0.3, 0.4) is 0 Å². The predicted octanol–water partition coefficient (Wildman–Crippen LogP) is -0.874. The Kier molecular flexibility index (Phi) is 6.60. The summed E-state index contributed by atoms with van der Waals surface area (Å²) < 4.78 is 8.72. The van der Waals surface area contributed by atoms with Crippen molar-refractivity contribution in [1.29, 1.82) is 0 Å². The van der Waals surface area contributed by atoms with Crippen LogP contribution < -0.4 is 16.8 Å². The summed E-state index contributed by atoms with van der Waals surface area (Å²) in [4.78, 5) is 59.3. The molecule has 3 amide bonds. The number of carbonyl (C=O) groups is 4. The van der Waals surface area contributed by atoms with Crippen molar-refractivity contribution in [2.24, 2.45) is 16.3 Å². The fraction of sp³-hybridized carbons (Fsp3) is 0.500. The van der Waals surface area contributed by atoms with Gasteiger partial charge in [0.15, 0.2) is 5.13 Å². The molecule has 0 aromatic carbocycles. The van der Waals surface area contributed by atoms with Gasteiger partial charge in [0.2, 0.25) is 17.4 Å². The lowest BCUT2D eigenvalue weighted by atomic mass is 9.88. The zero-order valence-electron chi connectivity index (χ0n) is 17.6. The first-order valence-corrected chi connectivity index (χ1v) is 11.9. The second kappa shape index (κ2) is 9.46. The molecule has 6 N–H and O–H groups in total. The molecule has 16 heteroatoms. The van der Waals surface area contributed by atoms with Gasteiger partial charge in [0.25, 0.3) is 5.91 Å². The molecule has 2 fully saturated rings. The molecule has 0 radical (unpaired) electrons. The van der Waals surface area contributed by atoms with Crippen LogP contribution in [0.1, 0.15) is 18.7 Å². The monoisotopic (exact) mass is 511 g/mol. The van der Waals surface area contributed by atoms with Crippen molar-refractivity contribution in [2.45, 2.75) is 30.4 Å². The summed E-state index contributed by atoms with van der Waals surface area (Å²) in [5.41, 5.74) is 8.86. The Labute approximate surface area is 200 Å². The van der Waals surface area contributed by atoms with Crippen LogP contribution in [0.15, 0.2) is 17.3 Å². The average Bonchev–Trinajstić information content (AvgIpc) is 3.47. The summed E-state index contributed by atoms with van der Waals surface area (Å²) in [6, 6.07) is -0.922. The van der Waals surface area contributed by atoms with Gasteiger partial charge in [-0.25, -0.2) is 4.79 Å². The van der Waals surface area contributed by atoms with Crippen LogP contribution in [-0.4, -0.2) is 85.4 Å². The standard InChI is InChI=1S/C18H21N7O7S2/c19-16-22-11(24-34-16)9(23-32-8-3-1-2-4-8)12(26)21-10-13(27)25-5-18(15(28)29,6-31-17(20)30)7-33-14(10)25/h1,3,8,10,14H,2,4-7H2,(H2,20,30)(H,21,26)(H,28,29)(H2,19,22,24)/t8?,10?,14-,18?/m1/s1. The lowest BCUT2D eigenvalue weighted by molar-refractivity contribution is -0.160. The van der Waals surface area contributed by atoms with E-state index in [4.69, 9.17) is 21.0 Å². The molecule has 34 heavy (non-hydrogen) atoms. The number of carboxylic acid groups (broad SMARTS) is 1. The van der Waals surface area contributed by atoms with Gasteiger partial charge in [-0.3, -0.25) is 14.4 Å². The molecule has 14 nitrogen and oxygen atoms in total. The Morgan fingerprint density at radius 2 is 2.21 bits per heavy atom. The number of nitrogens with zero attached hydrogens (tertiary/aromatic N) is 4. The van der Waals surface area contributed by atoms with E-state index in [2.05, 4.69) is 19.8 Å². The number of hydrogen-bond donors (Lipinski definition) is 4. The van der Waals surface area contributed by atoms with E-state index in [1.54, 1.807) is 0 Å². The van der Waals surface area contributed by atoms with Crippen molar-refractivity contribution in [1.82, 2.24) is 19.6 Å². The quantitative estimate of drug-likeness (QED) is 0.146. The number of nitrogen functional groups attached to an aromatic ring is 1. The van der Waals surface area contributed by atoms with Gasteiger partial charge in [-0.15, -0.1) is 11.8 Å². The maximum atomic E-state index is 13.0. The van der Waals surface area contributed by atoms with E-state index in [0.29, 0.717) is 6.42 Å². The average molecular weight is 512 g/mol. The first-order chi connectivity index (χ1) is 16.2. The summed E-state index contributed by atoms with van der Waals surface area (Å²) in [6.45, 7) is -0.667. The topological polar surface area (TPSA) is 212 Å². The maximum Gasteiger partial charge on any atom is 0.404 e. The van der Waals surface area contributed by atoms with Crippen LogP contribution in [0.5, 0.6) is 0 Å². The third-order valence-electron chi connectivity index (χ3n) is 5.49. The lowest BCUT2D eigenvalue weighted by Crippen LogP contribution is -2.74. The number of carbonyl (C=O) groups excluding carboxylic acids is 3. The Morgan fingerprint density at radius 1 is 1.41 bits per heavy atom. The smallest absolute Gasteiger partial charge is 0.404 e. The van der Waals surface area contributed by atoms with Crippen LogP contribution in [0, 0.1) is 5.41 Å². The second-order valence-corrected chi connectivity index (χ2v) is 9.75. The van der Waals surface area contributed by atoms with E-state index in [-0.39, 0.29) is 35.1 Å². The number of primary amides is 1. The number of allylic oxidation sites excluding steroid dienone is 1. The molecule has 1 aromatic rings. The number of rotatable bonds is 8. The number of aromatic nitrogens is 2. The van der Waals surface area contributed by atoms with Crippen molar-refractivity contribution in [3.63, 3.8) is 0 Å². The highest BCUT2D eigenvalue weighted by molar-refractivity contribution is 8.00. The highest BCUT2D eigenvalue weighted by atomic mass is 32.2. The molecule has 1 aromatic heterocycles. The highest BCUT2D eigenvalue weighted by Crippen LogP contribution is 2.42. The molecule has 3 heterocycles. The van der Waals surface area contributed by atoms with Gasteiger partial charge in [0.1, 0.15) is 29.5 Å². The summed E-state index contributed by atoms with van der Waals surface area (Å²) in [6.07, 6.45) is 3.91. The maximum absolute atomic E-state index is 13.0. The first-order valence-electron chi connectivity index (χ1n) is 10.1. The molecule has 0 spiro atoms. The van der Waals surface area contributed by atoms with Crippen molar-refractivity contribution in [2.75, 3.05) is 24.6 Å². The number of ether oxygens (including phenoxy) is 1. The number of carboxylic acids is 1. The molecule has 3 unspecified atom stereocenters. The number of hydrogen-bond acceptors (Lipinski definition) is 12. The summed E-state index contributed by atoms with van der Waals surface area (Å²) in [5.74, 6) is -2.43. The third kappa shape index (κ3) is 4.63. The van der Waals surface area contributed by atoms with Gasteiger partial charge < -0.3 is 36.4 Å². The van der Waals surface area contributed by atoms with Crippen molar-refractivity contribution in [3.8, 4) is 0 Å². The SMILES string of the molecule is NC(=O)OCC1(C(=O)O)CS[C@@H]2C(NC(=O)C(=NOC3C=CCC3)c3nsc(N)n3)C(=O)N2C1. The third-order valence-corrected chi connectivity index (χ3v) is 7.62. The summed E-state index contributed by atoms with van der Waals surface area (Å²) >= 11 is 2.03. The molecule has 0 saturated carbocycles. The number of oxime groups is 1.